The van der Waals surface area contributed by atoms with E-state index in [2.05, 4.69) is 36.2 Å². The third kappa shape index (κ3) is 6.01. The molecule has 3 aromatic heterocycles. The van der Waals surface area contributed by atoms with Gasteiger partial charge in [-0.25, -0.2) is 18.3 Å². The predicted molar refractivity (Wildman–Crippen MR) is 154 cm³/mol. The first kappa shape index (κ1) is 29.0. The van der Waals surface area contributed by atoms with Crippen molar-refractivity contribution in [1.82, 2.24) is 45.8 Å². The van der Waals surface area contributed by atoms with Crippen molar-refractivity contribution in [3.05, 3.63) is 89.6 Å². The first-order chi connectivity index (χ1) is 21.4. The Balaban J connectivity index is 1.28. The Morgan fingerprint density at radius 1 is 1.14 bits per heavy atom. The third-order valence-corrected chi connectivity index (χ3v) is 7.13. The highest BCUT2D eigenvalue weighted by atomic mass is 19.2. The van der Waals surface area contributed by atoms with Crippen molar-refractivity contribution in [1.29, 1.82) is 0 Å². The number of amides is 2. The first-order valence-electron chi connectivity index (χ1n) is 13.7. The zero-order valence-electron chi connectivity index (χ0n) is 23.7. The standard InChI is InChI=1S/C29H28F2N10O3/c1-17-25(19-9-11-23(32-15-19)27-35-38-39-36-27)37-41(20-6-4-3-5-7-20)28(17)34-29(42)33-24-16-40(12-13-43-2)44-26(24)18-8-10-21(30)22(31)14-18/h3-11,14-15,24,26H,12-13,16H2,1-2H3,(H2,33,34,42)(H,35,36,38,39)/t24-,26+/m1/s1. The van der Waals surface area contributed by atoms with Gasteiger partial charge < -0.3 is 10.1 Å². The van der Waals surface area contributed by atoms with Crippen LogP contribution in [0.4, 0.5) is 19.4 Å². The molecule has 15 heteroatoms. The van der Waals surface area contributed by atoms with Gasteiger partial charge in [0.05, 0.1) is 24.0 Å². The van der Waals surface area contributed by atoms with Gasteiger partial charge in [0.15, 0.2) is 11.6 Å². The average molecular weight is 603 g/mol. The largest absolute Gasteiger partial charge is 0.383 e. The highest BCUT2D eigenvalue weighted by molar-refractivity contribution is 5.91. The van der Waals surface area contributed by atoms with Gasteiger partial charge in [0.2, 0.25) is 5.82 Å². The summed E-state index contributed by atoms with van der Waals surface area (Å²) in [5.74, 6) is -1.17. The molecule has 1 saturated heterocycles. The number of H-pyrrole nitrogens is 1. The Morgan fingerprint density at radius 2 is 1.98 bits per heavy atom. The van der Waals surface area contributed by atoms with Crippen LogP contribution in [0.1, 0.15) is 17.2 Å². The van der Waals surface area contributed by atoms with Crippen LogP contribution in [0.5, 0.6) is 0 Å². The maximum Gasteiger partial charge on any atom is 0.320 e. The number of aromatic nitrogens is 7. The molecule has 0 saturated carbocycles. The second-order valence-electron chi connectivity index (χ2n) is 10.0. The molecule has 3 N–H and O–H groups in total. The second kappa shape index (κ2) is 12.6. The Morgan fingerprint density at radius 3 is 2.68 bits per heavy atom. The summed E-state index contributed by atoms with van der Waals surface area (Å²) >= 11 is 0. The molecular weight excluding hydrogens is 574 g/mol. The number of hydroxylamine groups is 2. The molecule has 2 aromatic carbocycles. The number of hydrogen-bond acceptors (Lipinski definition) is 9. The predicted octanol–water partition coefficient (Wildman–Crippen LogP) is 3.83. The van der Waals surface area contributed by atoms with Crippen molar-refractivity contribution in [3.8, 4) is 28.5 Å². The average Bonchev–Trinajstić information content (AvgIpc) is 3.79. The zero-order chi connectivity index (χ0) is 30.6. The van der Waals surface area contributed by atoms with Crippen LogP contribution in [0.3, 0.4) is 0 Å². The van der Waals surface area contributed by atoms with Crippen LogP contribution < -0.4 is 10.6 Å². The lowest BCUT2D eigenvalue weighted by atomic mass is 10.0. The first-order valence-corrected chi connectivity index (χ1v) is 13.7. The Kier molecular flexibility index (Phi) is 8.31. The summed E-state index contributed by atoms with van der Waals surface area (Å²) in [5, 5.41) is 26.2. The highest BCUT2D eigenvalue weighted by Crippen LogP contribution is 2.32. The fourth-order valence-corrected chi connectivity index (χ4v) is 4.95. The monoisotopic (exact) mass is 602 g/mol. The molecule has 2 atom stereocenters. The van der Waals surface area contributed by atoms with E-state index in [4.69, 9.17) is 14.7 Å². The van der Waals surface area contributed by atoms with E-state index in [1.165, 1.54) is 6.07 Å². The van der Waals surface area contributed by atoms with E-state index >= 15 is 0 Å². The third-order valence-electron chi connectivity index (χ3n) is 7.13. The number of methoxy groups -OCH3 is 1. The van der Waals surface area contributed by atoms with Gasteiger partial charge in [0.1, 0.15) is 17.6 Å². The number of hydrogen-bond donors (Lipinski definition) is 3. The second-order valence-corrected chi connectivity index (χ2v) is 10.0. The topological polar surface area (TPSA) is 148 Å². The van der Waals surface area contributed by atoms with E-state index in [0.29, 0.717) is 59.4 Å². The highest BCUT2D eigenvalue weighted by Gasteiger charge is 2.37. The van der Waals surface area contributed by atoms with E-state index < -0.39 is 29.8 Å². The minimum Gasteiger partial charge on any atom is -0.383 e. The lowest BCUT2D eigenvalue weighted by Gasteiger charge is -2.20. The number of ether oxygens (including phenoxy) is 1. The molecule has 0 radical (unpaired) electrons. The van der Waals surface area contributed by atoms with Gasteiger partial charge in [0.25, 0.3) is 0 Å². The molecular formula is C29H28F2N10O3. The summed E-state index contributed by atoms with van der Waals surface area (Å²) in [5.41, 5.74) is 3.66. The SMILES string of the molecule is COCCN1C[C@@H](NC(=O)Nc2c(C)c(-c3ccc(-c4nn[nH]n4)nc3)nn2-c2ccccc2)[C@H](c2ccc(F)c(F)c2)O1. The molecule has 4 heterocycles. The van der Waals surface area contributed by atoms with Gasteiger partial charge in [-0.2, -0.15) is 15.4 Å². The van der Waals surface area contributed by atoms with Crippen LogP contribution in [-0.2, 0) is 9.57 Å². The fraction of sp³-hybridized carbons (Fsp3) is 0.241. The number of para-hydroxylation sites is 1. The summed E-state index contributed by atoms with van der Waals surface area (Å²) in [6.07, 6.45) is 0.893. The molecule has 0 spiro atoms. The van der Waals surface area contributed by atoms with Crippen molar-refractivity contribution in [2.24, 2.45) is 0 Å². The van der Waals surface area contributed by atoms with Gasteiger partial charge >= 0.3 is 6.03 Å². The van der Waals surface area contributed by atoms with Gasteiger partial charge in [-0.1, -0.05) is 24.3 Å². The van der Waals surface area contributed by atoms with Gasteiger partial charge in [-0.15, -0.1) is 10.2 Å². The van der Waals surface area contributed by atoms with Crippen LogP contribution >= 0.6 is 0 Å². The molecule has 0 bridgehead atoms. The van der Waals surface area contributed by atoms with E-state index in [0.717, 1.165) is 17.8 Å². The Bertz CT molecular complexity index is 1730. The van der Waals surface area contributed by atoms with Crippen LogP contribution in [0.25, 0.3) is 28.5 Å². The molecule has 5 aromatic rings. The maximum atomic E-state index is 14.1. The number of halogens is 2. The number of aromatic amines is 1. The van der Waals surface area contributed by atoms with Gasteiger partial charge in [-0.05, 0) is 54.1 Å². The zero-order valence-corrected chi connectivity index (χ0v) is 23.7. The summed E-state index contributed by atoms with van der Waals surface area (Å²) in [6.45, 7) is 2.94. The lowest BCUT2D eigenvalue weighted by molar-refractivity contribution is -0.154. The van der Waals surface area contributed by atoms with E-state index in [1.807, 2.05) is 43.3 Å². The van der Waals surface area contributed by atoms with Gasteiger partial charge in [-0.3, -0.25) is 15.1 Å². The number of carbonyl (C=O) groups is 1. The summed E-state index contributed by atoms with van der Waals surface area (Å²) in [4.78, 5) is 24.0. The van der Waals surface area contributed by atoms with Crippen LogP contribution in [0.15, 0.2) is 66.9 Å². The molecule has 2 amide bonds. The van der Waals surface area contributed by atoms with Crippen LogP contribution in [-0.4, -0.2) is 79.3 Å². The molecule has 1 fully saturated rings. The number of benzene rings is 2. The number of nitrogens with zero attached hydrogens (tertiary/aromatic N) is 7. The number of tetrazole rings is 1. The lowest BCUT2D eigenvalue weighted by Crippen LogP contribution is -2.42. The van der Waals surface area contributed by atoms with Crippen molar-refractivity contribution in [2.45, 2.75) is 19.1 Å². The molecule has 44 heavy (non-hydrogen) atoms. The van der Waals surface area contributed by atoms with Crippen LogP contribution in [0.2, 0.25) is 0 Å². The molecule has 0 aliphatic carbocycles. The van der Waals surface area contributed by atoms with E-state index in [9.17, 15) is 13.6 Å². The minimum atomic E-state index is -1.00. The Hall–Kier alpha value is -5.12. The van der Waals surface area contributed by atoms with Gasteiger partial charge in [0, 0.05) is 37.5 Å². The molecule has 13 nitrogen and oxygen atoms in total. The number of nitrogens with one attached hydrogen (secondary N) is 3. The normalized spacial score (nSPS) is 16.7. The number of pyridine rings is 1. The Labute approximate surface area is 250 Å². The van der Waals surface area contributed by atoms with Crippen molar-refractivity contribution >= 4 is 11.8 Å². The smallest absolute Gasteiger partial charge is 0.320 e. The number of urea groups is 1. The number of anilines is 1. The van der Waals surface area contributed by atoms with E-state index in [1.54, 1.807) is 29.1 Å². The van der Waals surface area contributed by atoms with Crippen LogP contribution in [0, 0.1) is 18.6 Å². The molecule has 1 aliphatic heterocycles. The number of rotatable bonds is 9. The summed E-state index contributed by atoms with van der Waals surface area (Å²) < 4.78 is 34.6. The molecule has 0 unspecified atom stereocenters. The molecule has 226 valence electrons. The summed E-state index contributed by atoms with van der Waals surface area (Å²) in [6, 6.07) is 15.4. The van der Waals surface area contributed by atoms with Crippen molar-refractivity contribution in [3.63, 3.8) is 0 Å². The minimum absolute atomic E-state index is 0.293. The van der Waals surface area contributed by atoms with E-state index in [-0.39, 0.29) is 0 Å². The molecule has 6 rings (SSSR count). The van der Waals surface area contributed by atoms with Crippen molar-refractivity contribution in [2.75, 3.05) is 32.1 Å². The summed E-state index contributed by atoms with van der Waals surface area (Å²) in [7, 11) is 1.57. The number of carbonyl (C=O) groups excluding carboxylic acids is 1. The quantitative estimate of drug-likeness (QED) is 0.229. The van der Waals surface area contributed by atoms with Crippen molar-refractivity contribution < 1.29 is 23.1 Å². The fourth-order valence-electron chi connectivity index (χ4n) is 4.95. The molecule has 1 aliphatic rings. The maximum absolute atomic E-state index is 14.1.